The van der Waals surface area contributed by atoms with Crippen LogP contribution in [0.5, 0.6) is 0 Å². The highest BCUT2D eigenvalue weighted by atomic mass is 16.2. The number of hydrogen-bond donors (Lipinski definition) is 1. The Morgan fingerprint density at radius 2 is 2.00 bits per heavy atom. The highest BCUT2D eigenvalue weighted by Crippen LogP contribution is 2.16. The van der Waals surface area contributed by atoms with Crippen LogP contribution in [-0.2, 0) is 6.54 Å². The summed E-state index contributed by atoms with van der Waals surface area (Å²) in [4.78, 5) is 14.3. The molecule has 1 N–H and O–H groups in total. The second-order valence-corrected chi connectivity index (χ2v) is 4.40. The van der Waals surface area contributed by atoms with Crippen LogP contribution in [0.15, 0.2) is 0 Å². The molecule has 0 aliphatic carbocycles. The SMILES string of the molecule is CCn1nc(C)c(C(=O)N2CCNCC2)c1C. The molecule has 1 aliphatic rings. The van der Waals surface area contributed by atoms with Gasteiger partial charge in [-0.25, -0.2) is 0 Å². The molecule has 0 atom stereocenters. The van der Waals surface area contributed by atoms with Gasteiger partial charge in [0.1, 0.15) is 0 Å². The summed E-state index contributed by atoms with van der Waals surface area (Å²) in [5.74, 6) is 0.126. The molecular weight excluding hydrogens is 216 g/mol. The summed E-state index contributed by atoms with van der Waals surface area (Å²) in [5.41, 5.74) is 2.61. The summed E-state index contributed by atoms with van der Waals surface area (Å²) in [6, 6.07) is 0. The molecule has 0 radical (unpaired) electrons. The molecule has 0 saturated carbocycles. The first kappa shape index (κ1) is 12.1. The summed E-state index contributed by atoms with van der Waals surface area (Å²) in [6.07, 6.45) is 0. The van der Waals surface area contributed by atoms with Crippen molar-refractivity contribution in [2.75, 3.05) is 26.2 Å². The molecule has 0 bridgehead atoms. The minimum Gasteiger partial charge on any atom is -0.336 e. The smallest absolute Gasteiger partial charge is 0.257 e. The average molecular weight is 236 g/mol. The topological polar surface area (TPSA) is 50.2 Å². The van der Waals surface area contributed by atoms with Gasteiger partial charge in [0.15, 0.2) is 0 Å². The molecule has 1 fully saturated rings. The highest BCUT2D eigenvalue weighted by Gasteiger charge is 2.24. The van der Waals surface area contributed by atoms with Crippen molar-refractivity contribution in [3.8, 4) is 0 Å². The van der Waals surface area contributed by atoms with E-state index >= 15 is 0 Å². The van der Waals surface area contributed by atoms with Gasteiger partial charge in [0.05, 0.1) is 11.3 Å². The number of nitrogens with one attached hydrogen (secondary N) is 1. The molecule has 0 aromatic carbocycles. The van der Waals surface area contributed by atoms with Crippen molar-refractivity contribution >= 4 is 5.91 Å². The van der Waals surface area contributed by atoms with Crippen LogP contribution < -0.4 is 5.32 Å². The predicted molar refractivity (Wildman–Crippen MR) is 66.1 cm³/mol. The third-order valence-electron chi connectivity index (χ3n) is 3.30. The second-order valence-electron chi connectivity index (χ2n) is 4.40. The molecule has 0 unspecified atom stereocenters. The van der Waals surface area contributed by atoms with E-state index in [1.807, 2.05) is 30.4 Å². The summed E-state index contributed by atoms with van der Waals surface area (Å²) in [5, 5.41) is 7.65. The average Bonchev–Trinajstić information content (AvgIpc) is 2.64. The Kier molecular flexibility index (Phi) is 3.47. The summed E-state index contributed by atoms with van der Waals surface area (Å²) < 4.78 is 1.89. The summed E-state index contributed by atoms with van der Waals surface area (Å²) in [6.45, 7) is 10.1. The molecule has 1 aliphatic heterocycles. The molecule has 1 aromatic heterocycles. The van der Waals surface area contributed by atoms with Gasteiger partial charge in [0.25, 0.3) is 5.91 Å². The Hall–Kier alpha value is -1.36. The van der Waals surface area contributed by atoms with Crippen LogP contribution in [-0.4, -0.2) is 46.8 Å². The van der Waals surface area contributed by atoms with Gasteiger partial charge in [0.2, 0.25) is 0 Å². The number of aryl methyl sites for hydroxylation is 2. The van der Waals surface area contributed by atoms with Gasteiger partial charge in [0, 0.05) is 38.4 Å². The zero-order valence-corrected chi connectivity index (χ0v) is 10.8. The van der Waals surface area contributed by atoms with E-state index in [0.717, 1.165) is 49.7 Å². The molecule has 5 heteroatoms. The zero-order valence-electron chi connectivity index (χ0n) is 10.8. The molecule has 1 saturated heterocycles. The van der Waals surface area contributed by atoms with Crippen molar-refractivity contribution in [3.63, 3.8) is 0 Å². The lowest BCUT2D eigenvalue weighted by Crippen LogP contribution is -2.46. The fourth-order valence-electron chi connectivity index (χ4n) is 2.34. The quantitative estimate of drug-likeness (QED) is 0.816. The first-order chi connectivity index (χ1) is 8.15. The number of rotatable bonds is 2. The number of carbonyl (C=O) groups excluding carboxylic acids is 1. The maximum Gasteiger partial charge on any atom is 0.257 e. The third kappa shape index (κ3) is 2.20. The van der Waals surface area contributed by atoms with Crippen LogP contribution in [0.2, 0.25) is 0 Å². The van der Waals surface area contributed by atoms with Crippen LogP contribution in [0.25, 0.3) is 0 Å². The van der Waals surface area contributed by atoms with Crippen molar-refractivity contribution < 1.29 is 4.79 Å². The first-order valence-electron chi connectivity index (χ1n) is 6.19. The molecule has 2 rings (SSSR count). The number of aromatic nitrogens is 2. The summed E-state index contributed by atoms with van der Waals surface area (Å²) in [7, 11) is 0. The van der Waals surface area contributed by atoms with Gasteiger partial charge in [-0.1, -0.05) is 0 Å². The van der Waals surface area contributed by atoms with Crippen LogP contribution >= 0.6 is 0 Å². The van der Waals surface area contributed by atoms with E-state index < -0.39 is 0 Å². The van der Waals surface area contributed by atoms with E-state index in [1.165, 1.54) is 0 Å². The Morgan fingerprint density at radius 1 is 1.35 bits per heavy atom. The van der Waals surface area contributed by atoms with E-state index in [9.17, 15) is 4.79 Å². The third-order valence-corrected chi connectivity index (χ3v) is 3.30. The lowest BCUT2D eigenvalue weighted by molar-refractivity contribution is 0.0734. The molecule has 2 heterocycles. The van der Waals surface area contributed by atoms with Gasteiger partial charge in [-0.15, -0.1) is 0 Å². The number of carbonyl (C=O) groups is 1. The fraction of sp³-hybridized carbons (Fsp3) is 0.667. The lowest BCUT2D eigenvalue weighted by Gasteiger charge is -2.27. The number of nitrogens with zero attached hydrogens (tertiary/aromatic N) is 3. The standard InChI is InChI=1S/C12H20N4O/c1-4-16-10(3)11(9(2)14-16)12(17)15-7-5-13-6-8-15/h13H,4-8H2,1-3H3. The van der Waals surface area contributed by atoms with Crippen molar-refractivity contribution in [2.45, 2.75) is 27.3 Å². The molecule has 1 aromatic rings. The zero-order chi connectivity index (χ0) is 12.4. The highest BCUT2D eigenvalue weighted by molar-refractivity contribution is 5.96. The maximum atomic E-state index is 12.4. The number of hydrogen-bond acceptors (Lipinski definition) is 3. The predicted octanol–water partition coefficient (Wildman–Crippen LogP) is 0.565. The number of amides is 1. The lowest BCUT2D eigenvalue weighted by atomic mass is 10.1. The van der Waals surface area contributed by atoms with Crippen molar-refractivity contribution in [3.05, 3.63) is 17.0 Å². The number of piperazine rings is 1. The Morgan fingerprint density at radius 3 is 2.53 bits per heavy atom. The second kappa shape index (κ2) is 4.87. The minimum absolute atomic E-state index is 0.126. The van der Waals surface area contributed by atoms with Crippen molar-refractivity contribution in [2.24, 2.45) is 0 Å². The molecule has 0 spiro atoms. The Balaban J connectivity index is 2.26. The van der Waals surface area contributed by atoms with Crippen LogP contribution in [0.3, 0.4) is 0 Å². The van der Waals surface area contributed by atoms with Crippen molar-refractivity contribution in [1.29, 1.82) is 0 Å². The summed E-state index contributed by atoms with van der Waals surface area (Å²) >= 11 is 0. The largest absolute Gasteiger partial charge is 0.336 e. The minimum atomic E-state index is 0.126. The normalized spacial score (nSPS) is 16.3. The maximum absolute atomic E-state index is 12.4. The molecule has 17 heavy (non-hydrogen) atoms. The van der Waals surface area contributed by atoms with Gasteiger partial charge < -0.3 is 10.2 Å². The first-order valence-corrected chi connectivity index (χ1v) is 6.19. The van der Waals surface area contributed by atoms with Crippen LogP contribution in [0.4, 0.5) is 0 Å². The Labute approximate surface area is 102 Å². The van der Waals surface area contributed by atoms with Gasteiger partial charge in [-0.3, -0.25) is 9.48 Å². The van der Waals surface area contributed by atoms with Gasteiger partial charge in [-0.05, 0) is 20.8 Å². The van der Waals surface area contributed by atoms with Crippen LogP contribution in [0.1, 0.15) is 28.7 Å². The van der Waals surface area contributed by atoms with E-state index in [-0.39, 0.29) is 5.91 Å². The Bertz CT molecular complexity index is 418. The monoisotopic (exact) mass is 236 g/mol. The molecule has 5 nitrogen and oxygen atoms in total. The van der Waals surface area contributed by atoms with Gasteiger partial charge >= 0.3 is 0 Å². The molecule has 1 amide bonds. The van der Waals surface area contributed by atoms with E-state index in [0.29, 0.717) is 0 Å². The van der Waals surface area contributed by atoms with Gasteiger partial charge in [-0.2, -0.15) is 5.10 Å². The van der Waals surface area contributed by atoms with E-state index in [4.69, 9.17) is 0 Å². The van der Waals surface area contributed by atoms with E-state index in [1.54, 1.807) is 0 Å². The van der Waals surface area contributed by atoms with Crippen molar-refractivity contribution in [1.82, 2.24) is 20.0 Å². The fourth-order valence-corrected chi connectivity index (χ4v) is 2.34. The molecule has 94 valence electrons. The molecular formula is C12H20N4O. The van der Waals surface area contributed by atoms with E-state index in [2.05, 4.69) is 10.4 Å². The van der Waals surface area contributed by atoms with Crippen LogP contribution in [0, 0.1) is 13.8 Å².